The largest absolute Gasteiger partial charge is 0.372 e. The van der Waals surface area contributed by atoms with Crippen molar-refractivity contribution >= 4 is 60.0 Å². The maximum Gasteiger partial charge on any atom is 0.256 e. The van der Waals surface area contributed by atoms with Crippen LogP contribution in [0.3, 0.4) is 0 Å². The topological polar surface area (TPSA) is 74.3 Å². The molecule has 5 rings (SSSR count). The molecule has 6 nitrogen and oxygen atoms in total. The number of anilines is 2. The normalized spacial score (nSPS) is 18.9. The van der Waals surface area contributed by atoms with E-state index in [1.807, 2.05) is 25.1 Å². The third kappa shape index (κ3) is 5.04. The first-order valence-corrected chi connectivity index (χ1v) is 14.7. The number of rotatable bonds is 6. The van der Waals surface area contributed by atoms with E-state index in [-0.39, 0.29) is 17.1 Å². The maximum absolute atomic E-state index is 13.9. The van der Waals surface area contributed by atoms with Gasteiger partial charge in [0.25, 0.3) is 5.91 Å². The maximum atomic E-state index is 13.9. The number of Topliss-reactive ketones (excluding diaryl/α,β-unsaturated/α-hetero) is 1. The summed E-state index contributed by atoms with van der Waals surface area (Å²) in [5, 5.41) is 7.02. The van der Waals surface area contributed by atoms with Gasteiger partial charge in [0.1, 0.15) is 0 Å². The minimum Gasteiger partial charge on any atom is -0.372 e. The summed E-state index contributed by atoms with van der Waals surface area (Å²) in [6.45, 7) is 12.3. The Kier molecular flexibility index (Phi) is 7.22. The Hall–Kier alpha value is -2.97. The Morgan fingerprint density at radius 1 is 1.16 bits per heavy atom. The van der Waals surface area contributed by atoms with Gasteiger partial charge in [0.15, 0.2) is 10.9 Å². The molecule has 0 bridgehead atoms. The third-order valence-corrected chi connectivity index (χ3v) is 8.84. The lowest BCUT2D eigenvalue weighted by atomic mass is 9.68. The third-order valence-electron chi connectivity index (χ3n) is 7.41. The van der Waals surface area contributed by atoms with Crippen molar-refractivity contribution in [3.05, 3.63) is 75.0 Å². The number of hydrogen-bond donors (Lipinski definition) is 2. The van der Waals surface area contributed by atoms with Gasteiger partial charge in [-0.1, -0.05) is 53.2 Å². The minimum atomic E-state index is -0.441. The number of ketones is 1. The summed E-state index contributed by atoms with van der Waals surface area (Å²) in [6.07, 6.45) is 1.23. The highest BCUT2D eigenvalue weighted by Gasteiger charge is 2.42. The van der Waals surface area contributed by atoms with Gasteiger partial charge >= 0.3 is 0 Å². The monoisotopic (exact) mass is 592 g/mol. The lowest BCUT2D eigenvalue weighted by Crippen LogP contribution is -2.39. The van der Waals surface area contributed by atoms with E-state index in [4.69, 9.17) is 0 Å². The predicted octanol–water partition coefficient (Wildman–Crippen LogP) is 7.15. The molecule has 198 valence electrons. The fourth-order valence-electron chi connectivity index (χ4n) is 5.65. The molecule has 1 unspecified atom stereocenters. The van der Waals surface area contributed by atoms with Crippen LogP contribution in [-0.2, 0) is 9.59 Å². The van der Waals surface area contributed by atoms with Crippen LogP contribution in [0.25, 0.3) is 10.2 Å². The standard InChI is InChI=1S/C30H33BrN4O2S/c1-6-35(7-2)20-11-8-18(9-12-20)26-25(17(3)32-22-15-30(4,5)16-23(36)27(22)26)28(37)34-29-33-21-13-10-19(31)14-24(21)38-29/h8-14,26,32H,6-7,15-16H2,1-5H3,(H,33,34,37). The molecule has 0 radical (unpaired) electrons. The number of allylic oxidation sites excluding steroid dienone is 3. The number of aromatic nitrogens is 1. The predicted molar refractivity (Wildman–Crippen MR) is 160 cm³/mol. The summed E-state index contributed by atoms with van der Waals surface area (Å²) in [7, 11) is 0. The molecule has 2 aromatic carbocycles. The first kappa shape index (κ1) is 26.6. The number of carbonyl (C=O) groups is 2. The van der Waals surface area contributed by atoms with Gasteiger partial charge in [-0.3, -0.25) is 14.9 Å². The zero-order valence-corrected chi connectivity index (χ0v) is 24.8. The summed E-state index contributed by atoms with van der Waals surface area (Å²) in [4.78, 5) is 34.4. The zero-order chi connectivity index (χ0) is 27.2. The molecular formula is C30H33BrN4O2S. The van der Waals surface area contributed by atoms with Crippen molar-refractivity contribution < 1.29 is 9.59 Å². The first-order chi connectivity index (χ1) is 18.1. The molecule has 1 atom stereocenters. The van der Waals surface area contributed by atoms with Crippen molar-refractivity contribution in [3.63, 3.8) is 0 Å². The quantitative estimate of drug-likeness (QED) is 0.318. The molecule has 0 saturated carbocycles. The second-order valence-electron chi connectivity index (χ2n) is 10.8. The van der Waals surface area contributed by atoms with E-state index in [0.717, 1.165) is 56.8 Å². The SMILES string of the molecule is CCN(CC)c1ccc(C2C(C(=O)Nc3nc4ccc(Br)cc4s3)=C(C)NC3=C2C(=O)CC(C)(C)C3)cc1. The molecule has 1 aliphatic heterocycles. The Labute approximate surface area is 236 Å². The summed E-state index contributed by atoms with van der Waals surface area (Å²) >= 11 is 4.94. The van der Waals surface area contributed by atoms with Gasteiger partial charge in [-0.15, -0.1) is 0 Å². The average Bonchev–Trinajstić information content (AvgIpc) is 3.24. The van der Waals surface area contributed by atoms with Gasteiger partial charge in [0, 0.05) is 58.1 Å². The van der Waals surface area contributed by atoms with Crippen LogP contribution >= 0.6 is 27.3 Å². The van der Waals surface area contributed by atoms with Gasteiger partial charge in [-0.25, -0.2) is 4.98 Å². The van der Waals surface area contributed by atoms with Crippen molar-refractivity contribution in [1.82, 2.24) is 10.3 Å². The van der Waals surface area contributed by atoms with E-state index in [9.17, 15) is 9.59 Å². The molecule has 3 aromatic rings. The van der Waals surface area contributed by atoms with E-state index >= 15 is 0 Å². The number of nitrogens with one attached hydrogen (secondary N) is 2. The van der Waals surface area contributed by atoms with Crippen LogP contribution < -0.4 is 15.5 Å². The smallest absolute Gasteiger partial charge is 0.256 e. The van der Waals surface area contributed by atoms with E-state index < -0.39 is 5.92 Å². The second-order valence-corrected chi connectivity index (χ2v) is 12.7. The molecule has 0 spiro atoms. The highest BCUT2D eigenvalue weighted by Crippen LogP contribution is 2.47. The molecule has 1 aliphatic carbocycles. The van der Waals surface area contributed by atoms with Crippen LogP contribution in [0.2, 0.25) is 0 Å². The van der Waals surface area contributed by atoms with E-state index in [1.54, 1.807) is 0 Å². The summed E-state index contributed by atoms with van der Waals surface area (Å²) in [5.74, 6) is -0.580. The fourth-order valence-corrected chi connectivity index (χ4v) is 7.07. The summed E-state index contributed by atoms with van der Waals surface area (Å²) in [6, 6.07) is 14.2. The molecule has 2 N–H and O–H groups in total. The van der Waals surface area contributed by atoms with Crippen molar-refractivity contribution in [3.8, 4) is 0 Å². The van der Waals surface area contributed by atoms with E-state index in [1.165, 1.54) is 11.3 Å². The van der Waals surface area contributed by atoms with Gasteiger partial charge in [0.05, 0.1) is 10.2 Å². The summed E-state index contributed by atoms with van der Waals surface area (Å²) < 4.78 is 1.95. The van der Waals surface area contributed by atoms with E-state index in [2.05, 4.69) is 88.4 Å². The second kappa shape index (κ2) is 10.3. The van der Waals surface area contributed by atoms with Crippen LogP contribution in [0.1, 0.15) is 58.9 Å². The minimum absolute atomic E-state index is 0.101. The molecule has 1 aromatic heterocycles. The summed E-state index contributed by atoms with van der Waals surface area (Å²) in [5.41, 5.74) is 5.76. The van der Waals surface area contributed by atoms with Crippen molar-refractivity contribution in [1.29, 1.82) is 0 Å². The van der Waals surface area contributed by atoms with Gasteiger partial charge < -0.3 is 10.2 Å². The lowest BCUT2D eigenvalue weighted by molar-refractivity contribution is -0.118. The van der Waals surface area contributed by atoms with Gasteiger partial charge in [-0.05, 0) is 68.5 Å². The highest BCUT2D eigenvalue weighted by atomic mass is 79.9. The Morgan fingerprint density at radius 3 is 2.55 bits per heavy atom. The molecule has 38 heavy (non-hydrogen) atoms. The van der Waals surface area contributed by atoms with Crippen LogP contribution in [0.4, 0.5) is 10.8 Å². The molecule has 0 saturated heterocycles. The van der Waals surface area contributed by atoms with Crippen molar-refractivity contribution in [2.45, 2.75) is 53.4 Å². The molecule has 2 aliphatic rings. The fraction of sp³-hybridized carbons (Fsp3) is 0.367. The first-order valence-electron chi connectivity index (χ1n) is 13.1. The lowest BCUT2D eigenvalue weighted by Gasteiger charge is -2.39. The van der Waals surface area contributed by atoms with Gasteiger partial charge in [-0.2, -0.15) is 0 Å². The highest BCUT2D eigenvalue weighted by molar-refractivity contribution is 9.10. The Morgan fingerprint density at radius 2 is 1.87 bits per heavy atom. The number of thiazole rings is 1. The van der Waals surface area contributed by atoms with Crippen molar-refractivity contribution in [2.24, 2.45) is 5.41 Å². The Balaban J connectivity index is 1.56. The van der Waals surface area contributed by atoms with Crippen LogP contribution in [0.15, 0.2) is 69.5 Å². The van der Waals surface area contributed by atoms with Crippen LogP contribution in [-0.4, -0.2) is 29.8 Å². The Bertz CT molecular complexity index is 1480. The van der Waals surface area contributed by atoms with Gasteiger partial charge in [0.2, 0.25) is 0 Å². The average molecular weight is 594 g/mol. The zero-order valence-electron chi connectivity index (χ0n) is 22.4. The molecule has 1 amide bonds. The number of carbonyl (C=O) groups excluding carboxylic acids is 2. The molecule has 8 heteroatoms. The molecule has 0 fully saturated rings. The number of fused-ring (bicyclic) bond motifs is 1. The van der Waals surface area contributed by atoms with Crippen LogP contribution in [0, 0.1) is 5.41 Å². The number of nitrogens with zero attached hydrogens (tertiary/aromatic N) is 2. The molecule has 2 heterocycles. The number of amides is 1. The number of benzene rings is 2. The van der Waals surface area contributed by atoms with Crippen LogP contribution in [0.5, 0.6) is 0 Å². The van der Waals surface area contributed by atoms with Crippen molar-refractivity contribution in [2.75, 3.05) is 23.3 Å². The number of hydrogen-bond acceptors (Lipinski definition) is 6. The number of halogens is 1. The molecular weight excluding hydrogens is 560 g/mol. The number of dihydropyridines is 1. The van der Waals surface area contributed by atoms with E-state index in [0.29, 0.717) is 22.7 Å².